The van der Waals surface area contributed by atoms with E-state index in [0.717, 1.165) is 0 Å². The summed E-state index contributed by atoms with van der Waals surface area (Å²) in [5.41, 5.74) is 6.26. The first-order valence-electron chi connectivity index (χ1n) is 6.61. The molecular weight excluding hydrogens is 288 g/mol. The molecule has 2 atom stereocenters. The predicted molar refractivity (Wildman–Crippen MR) is 84.5 cm³/mol. The van der Waals surface area contributed by atoms with Gasteiger partial charge in [-0.15, -0.1) is 0 Å². The van der Waals surface area contributed by atoms with Gasteiger partial charge >= 0.3 is 5.97 Å². The van der Waals surface area contributed by atoms with E-state index >= 15 is 0 Å². The van der Waals surface area contributed by atoms with Crippen molar-refractivity contribution in [1.29, 1.82) is 0 Å². The van der Waals surface area contributed by atoms with Crippen LogP contribution in [0.1, 0.15) is 25.5 Å². The number of carbonyl (C=O) groups excluding carboxylic acids is 2. The van der Waals surface area contributed by atoms with E-state index in [0.29, 0.717) is 5.56 Å². The van der Waals surface area contributed by atoms with Crippen molar-refractivity contribution in [2.75, 3.05) is 7.11 Å². The largest absolute Gasteiger partial charge is 0.467 e. The Labute approximate surface area is 129 Å². The van der Waals surface area contributed by atoms with Gasteiger partial charge in [-0.25, -0.2) is 4.79 Å². The van der Waals surface area contributed by atoms with Gasteiger partial charge < -0.3 is 15.8 Å². The molecule has 0 spiro atoms. The fourth-order valence-electron chi connectivity index (χ4n) is 2.03. The van der Waals surface area contributed by atoms with Gasteiger partial charge in [-0.1, -0.05) is 56.4 Å². The zero-order valence-corrected chi connectivity index (χ0v) is 13.1. The summed E-state index contributed by atoms with van der Waals surface area (Å²) in [5, 5.41) is 2.67. The Hall–Kier alpha value is -1.95. The molecule has 0 fully saturated rings. The molecule has 0 aliphatic rings. The number of thiocarbonyl (C=S) groups is 1. The van der Waals surface area contributed by atoms with E-state index in [1.165, 1.54) is 7.11 Å². The average molecular weight is 308 g/mol. The second-order valence-corrected chi connectivity index (χ2v) is 5.47. The molecule has 0 aliphatic heterocycles. The Balaban J connectivity index is 2.99. The summed E-state index contributed by atoms with van der Waals surface area (Å²) in [6, 6.07) is 8.00. The number of hydrogen-bond acceptors (Lipinski definition) is 4. The fraction of sp³-hybridized carbons (Fsp3) is 0.400. The molecule has 0 aromatic heterocycles. The Morgan fingerprint density at radius 2 is 1.81 bits per heavy atom. The van der Waals surface area contributed by atoms with Crippen molar-refractivity contribution in [1.82, 2.24) is 5.32 Å². The van der Waals surface area contributed by atoms with Crippen molar-refractivity contribution in [3.8, 4) is 0 Å². The van der Waals surface area contributed by atoms with E-state index in [-0.39, 0.29) is 16.8 Å². The summed E-state index contributed by atoms with van der Waals surface area (Å²) < 4.78 is 4.75. The van der Waals surface area contributed by atoms with Crippen LogP contribution in [0, 0.1) is 11.8 Å². The van der Waals surface area contributed by atoms with Gasteiger partial charge in [-0.05, 0) is 11.5 Å². The third kappa shape index (κ3) is 4.53. The second-order valence-electron chi connectivity index (χ2n) is 5.00. The highest BCUT2D eigenvalue weighted by molar-refractivity contribution is 7.80. The number of methoxy groups -OCH3 is 1. The molecule has 0 saturated heterocycles. The highest BCUT2D eigenvalue weighted by atomic mass is 32.1. The van der Waals surface area contributed by atoms with Gasteiger partial charge in [0.2, 0.25) is 5.91 Å². The summed E-state index contributed by atoms with van der Waals surface area (Å²) in [4.78, 5) is 24.4. The summed E-state index contributed by atoms with van der Waals surface area (Å²) in [6.45, 7) is 3.69. The van der Waals surface area contributed by atoms with Crippen molar-refractivity contribution < 1.29 is 14.3 Å². The quantitative estimate of drug-likeness (QED) is 0.616. The lowest BCUT2D eigenvalue weighted by molar-refractivity contribution is -0.145. The molecule has 6 heteroatoms. The minimum Gasteiger partial charge on any atom is -0.467 e. The van der Waals surface area contributed by atoms with Gasteiger partial charge in [0.1, 0.15) is 0 Å². The molecule has 0 heterocycles. The van der Waals surface area contributed by atoms with Crippen molar-refractivity contribution >= 4 is 29.1 Å². The van der Waals surface area contributed by atoms with Gasteiger partial charge in [0, 0.05) is 0 Å². The Bertz CT molecular complexity index is 517. The van der Waals surface area contributed by atoms with Crippen LogP contribution in [-0.2, 0) is 14.3 Å². The minimum atomic E-state index is -0.876. The van der Waals surface area contributed by atoms with E-state index in [9.17, 15) is 9.59 Å². The number of hydrogen-bond donors (Lipinski definition) is 2. The van der Waals surface area contributed by atoms with E-state index < -0.39 is 17.9 Å². The third-order valence-electron chi connectivity index (χ3n) is 3.11. The third-order valence-corrected chi connectivity index (χ3v) is 3.37. The Morgan fingerprint density at radius 1 is 1.24 bits per heavy atom. The van der Waals surface area contributed by atoms with Crippen LogP contribution in [0.5, 0.6) is 0 Å². The molecule has 0 radical (unpaired) electrons. The molecule has 21 heavy (non-hydrogen) atoms. The Kier molecular flexibility index (Phi) is 6.30. The van der Waals surface area contributed by atoms with E-state index in [4.69, 9.17) is 22.7 Å². The standard InChI is InChI=1S/C15H20N2O3S/c1-9(2)11(13(16)21)14(18)17-12(15(19)20-3)10-7-5-4-6-8-10/h4-9,11-12H,1-3H3,(H2,16,21)(H,17,18). The molecular formula is C15H20N2O3S. The SMILES string of the molecule is COC(=O)C(NC(=O)C(C(N)=S)C(C)C)c1ccccc1. The number of benzene rings is 1. The van der Waals surface area contributed by atoms with Gasteiger partial charge in [-0.2, -0.15) is 0 Å². The van der Waals surface area contributed by atoms with Crippen molar-refractivity contribution in [3.63, 3.8) is 0 Å². The maximum atomic E-state index is 12.3. The molecule has 1 aromatic carbocycles. The first-order valence-corrected chi connectivity index (χ1v) is 7.01. The summed E-state index contributed by atoms with van der Waals surface area (Å²) in [7, 11) is 1.28. The highest BCUT2D eigenvalue weighted by Crippen LogP contribution is 2.18. The van der Waals surface area contributed by atoms with Crippen LogP contribution in [0.3, 0.4) is 0 Å². The number of nitrogens with two attached hydrogens (primary N) is 1. The topological polar surface area (TPSA) is 81.4 Å². The van der Waals surface area contributed by atoms with Crippen LogP contribution in [0.2, 0.25) is 0 Å². The molecule has 2 unspecified atom stereocenters. The lowest BCUT2D eigenvalue weighted by atomic mass is 9.94. The number of amides is 1. The molecule has 5 nitrogen and oxygen atoms in total. The number of nitrogens with one attached hydrogen (secondary N) is 1. The number of ether oxygens (including phenoxy) is 1. The maximum absolute atomic E-state index is 12.3. The second kappa shape index (κ2) is 7.73. The number of carbonyl (C=O) groups is 2. The summed E-state index contributed by atoms with van der Waals surface area (Å²) in [6.07, 6.45) is 0. The summed E-state index contributed by atoms with van der Waals surface area (Å²) in [5.74, 6) is -1.61. The van der Waals surface area contributed by atoms with Crippen LogP contribution in [0.25, 0.3) is 0 Å². The van der Waals surface area contributed by atoms with Crippen LogP contribution >= 0.6 is 12.2 Å². The van der Waals surface area contributed by atoms with Gasteiger partial charge in [0.05, 0.1) is 18.0 Å². The van der Waals surface area contributed by atoms with Crippen LogP contribution in [-0.4, -0.2) is 24.0 Å². The molecule has 1 rings (SSSR count). The average Bonchev–Trinajstić information content (AvgIpc) is 2.44. The number of rotatable bonds is 6. The van der Waals surface area contributed by atoms with E-state index in [1.807, 2.05) is 19.9 Å². The first kappa shape index (κ1) is 17.1. The molecule has 1 aromatic rings. The zero-order valence-electron chi connectivity index (χ0n) is 12.3. The number of esters is 1. The van der Waals surface area contributed by atoms with Crippen LogP contribution in [0.15, 0.2) is 30.3 Å². The Morgan fingerprint density at radius 3 is 2.24 bits per heavy atom. The van der Waals surface area contributed by atoms with Crippen LogP contribution < -0.4 is 11.1 Å². The minimum absolute atomic E-state index is 0.0587. The van der Waals surface area contributed by atoms with Gasteiger partial charge in [-0.3, -0.25) is 4.79 Å². The highest BCUT2D eigenvalue weighted by Gasteiger charge is 2.30. The summed E-state index contributed by atoms with van der Waals surface area (Å²) >= 11 is 4.93. The van der Waals surface area contributed by atoms with Crippen molar-refractivity contribution in [2.45, 2.75) is 19.9 Å². The molecule has 0 bridgehead atoms. The fourth-order valence-corrected chi connectivity index (χ4v) is 2.41. The molecule has 1 amide bonds. The maximum Gasteiger partial charge on any atom is 0.333 e. The van der Waals surface area contributed by atoms with Crippen molar-refractivity contribution in [2.24, 2.45) is 17.6 Å². The smallest absolute Gasteiger partial charge is 0.333 e. The molecule has 0 aliphatic carbocycles. The lowest BCUT2D eigenvalue weighted by Crippen LogP contribution is -2.44. The normalized spacial score (nSPS) is 13.3. The molecule has 3 N–H and O–H groups in total. The van der Waals surface area contributed by atoms with E-state index in [1.54, 1.807) is 24.3 Å². The van der Waals surface area contributed by atoms with Crippen molar-refractivity contribution in [3.05, 3.63) is 35.9 Å². The monoisotopic (exact) mass is 308 g/mol. The first-order chi connectivity index (χ1) is 9.88. The van der Waals surface area contributed by atoms with E-state index in [2.05, 4.69) is 5.32 Å². The van der Waals surface area contributed by atoms with Crippen LogP contribution in [0.4, 0.5) is 0 Å². The lowest BCUT2D eigenvalue weighted by Gasteiger charge is -2.23. The van der Waals surface area contributed by atoms with Gasteiger partial charge in [0.25, 0.3) is 0 Å². The van der Waals surface area contributed by atoms with Gasteiger partial charge in [0.15, 0.2) is 6.04 Å². The zero-order chi connectivity index (χ0) is 16.0. The molecule has 0 saturated carbocycles. The predicted octanol–water partition coefficient (Wildman–Crippen LogP) is 1.58. The molecule has 114 valence electrons.